The van der Waals surface area contributed by atoms with E-state index in [9.17, 15) is 9.59 Å². The molecule has 86 valence electrons. The second-order valence-corrected chi connectivity index (χ2v) is 4.65. The third-order valence-electron chi connectivity index (χ3n) is 2.33. The highest BCUT2D eigenvalue weighted by atomic mass is 32.2. The van der Waals surface area contributed by atoms with Gasteiger partial charge in [0.15, 0.2) is 0 Å². The summed E-state index contributed by atoms with van der Waals surface area (Å²) in [5.41, 5.74) is 5.41. The van der Waals surface area contributed by atoms with Crippen LogP contribution in [0.3, 0.4) is 0 Å². The molecule has 0 aliphatic carbocycles. The zero-order valence-corrected chi connectivity index (χ0v) is 9.84. The van der Waals surface area contributed by atoms with Crippen molar-refractivity contribution < 1.29 is 9.59 Å². The van der Waals surface area contributed by atoms with Gasteiger partial charge in [0.25, 0.3) is 0 Å². The number of amides is 2. The van der Waals surface area contributed by atoms with Gasteiger partial charge in [-0.1, -0.05) is 0 Å². The van der Waals surface area contributed by atoms with Crippen molar-refractivity contribution in [3.8, 4) is 0 Å². The van der Waals surface area contributed by atoms with Crippen LogP contribution in [-0.2, 0) is 9.59 Å². The Kier molecular flexibility index (Phi) is 4.41. The highest BCUT2D eigenvalue weighted by Crippen LogP contribution is 2.20. The fourth-order valence-corrected chi connectivity index (χ4v) is 2.59. The zero-order valence-electron chi connectivity index (χ0n) is 9.03. The summed E-state index contributed by atoms with van der Waals surface area (Å²) < 4.78 is 0. The highest BCUT2D eigenvalue weighted by Gasteiger charge is 2.33. The van der Waals surface area contributed by atoms with Crippen molar-refractivity contribution in [2.75, 3.05) is 18.2 Å². The summed E-state index contributed by atoms with van der Waals surface area (Å²) in [5.74, 6) is 1.11. The maximum Gasteiger partial charge on any atom is 0.243 e. The van der Waals surface area contributed by atoms with Gasteiger partial charge in [-0.2, -0.15) is 0 Å². The number of rotatable bonds is 3. The quantitative estimate of drug-likeness (QED) is 0.678. The van der Waals surface area contributed by atoms with Crippen molar-refractivity contribution in [1.29, 1.82) is 0 Å². The predicted molar refractivity (Wildman–Crippen MR) is 60.3 cm³/mol. The third kappa shape index (κ3) is 3.10. The normalized spacial score (nSPS) is 22.6. The summed E-state index contributed by atoms with van der Waals surface area (Å²) in [6.45, 7) is 3.74. The van der Waals surface area contributed by atoms with Gasteiger partial charge in [0.1, 0.15) is 6.04 Å². The molecule has 1 unspecified atom stereocenters. The van der Waals surface area contributed by atoms with Crippen LogP contribution in [0.15, 0.2) is 0 Å². The van der Waals surface area contributed by atoms with Crippen molar-refractivity contribution in [3.05, 3.63) is 0 Å². The largest absolute Gasteiger partial charge is 0.351 e. The standard InChI is InChI=1S/C9H17N3O2S/c1-6(3-10)11-9(14)8-4-15-5-12(8)7(2)13/h6,8H,3-5,10H2,1-2H3,(H,11,14)/t6-,8?/m1/s1. The lowest BCUT2D eigenvalue weighted by Crippen LogP contribution is -2.50. The molecule has 15 heavy (non-hydrogen) atoms. The van der Waals surface area contributed by atoms with Crippen LogP contribution in [0.1, 0.15) is 13.8 Å². The van der Waals surface area contributed by atoms with E-state index in [0.717, 1.165) is 0 Å². The van der Waals surface area contributed by atoms with Gasteiger partial charge < -0.3 is 16.0 Å². The molecule has 1 fully saturated rings. The molecule has 5 nitrogen and oxygen atoms in total. The van der Waals surface area contributed by atoms with E-state index in [-0.39, 0.29) is 23.9 Å². The number of thioether (sulfide) groups is 1. The van der Waals surface area contributed by atoms with Gasteiger partial charge in [-0.15, -0.1) is 11.8 Å². The molecular weight excluding hydrogens is 214 g/mol. The highest BCUT2D eigenvalue weighted by molar-refractivity contribution is 7.99. The molecule has 1 heterocycles. The van der Waals surface area contributed by atoms with Gasteiger partial charge in [0.05, 0.1) is 5.88 Å². The second-order valence-electron chi connectivity index (χ2n) is 3.65. The molecule has 1 aliphatic heterocycles. The van der Waals surface area contributed by atoms with Crippen LogP contribution >= 0.6 is 11.8 Å². The number of nitrogens with two attached hydrogens (primary N) is 1. The van der Waals surface area contributed by atoms with E-state index in [1.807, 2.05) is 6.92 Å². The third-order valence-corrected chi connectivity index (χ3v) is 3.34. The first-order valence-electron chi connectivity index (χ1n) is 4.91. The van der Waals surface area contributed by atoms with Crippen molar-refractivity contribution in [3.63, 3.8) is 0 Å². The first-order valence-corrected chi connectivity index (χ1v) is 6.07. The minimum atomic E-state index is -0.332. The SMILES string of the molecule is CC(=O)N1CSCC1C(=O)N[C@H](C)CN. The Morgan fingerprint density at radius 3 is 2.87 bits per heavy atom. The Balaban J connectivity index is 2.55. The summed E-state index contributed by atoms with van der Waals surface area (Å²) in [6.07, 6.45) is 0. The molecule has 0 aromatic heterocycles. The first-order chi connectivity index (χ1) is 7.06. The summed E-state index contributed by atoms with van der Waals surface area (Å²) in [4.78, 5) is 24.6. The van der Waals surface area contributed by atoms with E-state index in [1.165, 1.54) is 6.92 Å². The molecular formula is C9H17N3O2S. The Bertz CT molecular complexity index is 260. The molecule has 6 heteroatoms. The lowest BCUT2D eigenvalue weighted by molar-refractivity contribution is -0.136. The lowest BCUT2D eigenvalue weighted by atomic mass is 10.2. The van der Waals surface area contributed by atoms with Gasteiger partial charge in [-0.3, -0.25) is 9.59 Å². The maximum absolute atomic E-state index is 11.8. The minimum absolute atomic E-state index is 0.0445. The molecule has 1 saturated heterocycles. The number of carbonyl (C=O) groups is 2. The fourth-order valence-electron chi connectivity index (χ4n) is 1.37. The number of carbonyl (C=O) groups excluding carboxylic acids is 2. The van der Waals surface area contributed by atoms with Crippen LogP contribution in [-0.4, -0.2) is 47.0 Å². The molecule has 2 atom stereocenters. The Hall–Kier alpha value is -0.750. The maximum atomic E-state index is 11.8. The van der Waals surface area contributed by atoms with Crippen LogP contribution in [0.4, 0.5) is 0 Å². The number of hydrogen-bond donors (Lipinski definition) is 2. The summed E-state index contributed by atoms with van der Waals surface area (Å²) >= 11 is 1.59. The Morgan fingerprint density at radius 2 is 2.33 bits per heavy atom. The topological polar surface area (TPSA) is 75.4 Å². The number of hydrogen-bond acceptors (Lipinski definition) is 4. The fraction of sp³-hybridized carbons (Fsp3) is 0.778. The average Bonchev–Trinajstić information content (AvgIpc) is 2.65. The van der Waals surface area contributed by atoms with Crippen LogP contribution in [0.5, 0.6) is 0 Å². The molecule has 1 aliphatic rings. The van der Waals surface area contributed by atoms with Gasteiger partial charge >= 0.3 is 0 Å². The van der Waals surface area contributed by atoms with Gasteiger partial charge in [-0.25, -0.2) is 0 Å². The smallest absolute Gasteiger partial charge is 0.243 e. The Labute approximate surface area is 93.7 Å². The summed E-state index contributed by atoms with van der Waals surface area (Å²) in [5, 5.41) is 2.79. The summed E-state index contributed by atoms with van der Waals surface area (Å²) in [6, 6.07) is -0.376. The minimum Gasteiger partial charge on any atom is -0.351 e. The summed E-state index contributed by atoms with van der Waals surface area (Å²) in [7, 11) is 0. The average molecular weight is 231 g/mol. The van der Waals surface area contributed by atoms with E-state index in [2.05, 4.69) is 5.32 Å². The van der Waals surface area contributed by atoms with E-state index in [1.54, 1.807) is 16.7 Å². The molecule has 0 aromatic rings. The van der Waals surface area contributed by atoms with Gasteiger partial charge in [0.2, 0.25) is 11.8 Å². The zero-order chi connectivity index (χ0) is 11.4. The van der Waals surface area contributed by atoms with Crippen LogP contribution in [0, 0.1) is 0 Å². The van der Waals surface area contributed by atoms with Crippen molar-refractivity contribution in [2.45, 2.75) is 25.9 Å². The van der Waals surface area contributed by atoms with Crippen LogP contribution in [0.25, 0.3) is 0 Å². The Morgan fingerprint density at radius 1 is 1.67 bits per heavy atom. The van der Waals surface area contributed by atoms with Crippen LogP contribution in [0.2, 0.25) is 0 Å². The van der Waals surface area contributed by atoms with Gasteiger partial charge in [-0.05, 0) is 6.92 Å². The first kappa shape index (κ1) is 12.3. The number of nitrogens with one attached hydrogen (secondary N) is 1. The molecule has 0 saturated carbocycles. The molecule has 2 amide bonds. The number of nitrogens with zero attached hydrogens (tertiary/aromatic N) is 1. The molecule has 0 radical (unpaired) electrons. The van der Waals surface area contributed by atoms with Crippen LogP contribution < -0.4 is 11.1 Å². The molecule has 1 rings (SSSR count). The lowest BCUT2D eigenvalue weighted by Gasteiger charge is -2.23. The van der Waals surface area contributed by atoms with E-state index < -0.39 is 0 Å². The molecule has 0 aromatic carbocycles. The van der Waals surface area contributed by atoms with E-state index in [0.29, 0.717) is 18.2 Å². The van der Waals surface area contributed by atoms with Crippen molar-refractivity contribution in [1.82, 2.24) is 10.2 Å². The van der Waals surface area contributed by atoms with E-state index in [4.69, 9.17) is 5.73 Å². The molecule has 0 bridgehead atoms. The molecule has 0 spiro atoms. The van der Waals surface area contributed by atoms with Crippen molar-refractivity contribution in [2.24, 2.45) is 5.73 Å². The van der Waals surface area contributed by atoms with Gasteiger partial charge in [0, 0.05) is 25.3 Å². The molecule has 3 N–H and O–H groups in total. The van der Waals surface area contributed by atoms with Crippen molar-refractivity contribution >= 4 is 23.6 Å². The van der Waals surface area contributed by atoms with E-state index >= 15 is 0 Å². The second kappa shape index (κ2) is 5.37. The monoisotopic (exact) mass is 231 g/mol. The predicted octanol–water partition coefficient (Wildman–Crippen LogP) is -0.629.